The number of nitrogens with zero attached hydrogens (tertiary/aromatic N) is 4. The molecule has 1 aliphatic rings. The summed E-state index contributed by atoms with van der Waals surface area (Å²) in [6, 6.07) is 6.25. The first-order chi connectivity index (χ1) is 17.2. The third-order valence-corrected chi connectivity index (χ3v) is 6.64. The van der Waals surface area contributed by atoms with E-state index in [1.165, 1.54) is 19.2 Å². The van der Waals surface area contributed by atoms with Gasteiger partial charge in [-0.05, 0) is 91.1 Å². The molecule has 190 valence electrons. The fourth-order valence-electron chi connectivity index (χ4n) is 4.60. The predicted octanol–water partition coefficient (Wildman–Crippen LogP) is 5.46. The van der Waals surface area contributed by atoms with Crippen LogP contribution in [0.4, 0.5) is 14.7 Å². The average molecular weight is 495 g/mol. The van der Waals surface area contributed by atoms with Crippen molar-refractivity contribution in [1.29, 1.82) is 0 Å². The van der Waals surface area contributed by atoms with Crippen LogP contribution in [0.2, 0.25) is 0 Å². The van der Waals surface area contributed by atoms with Crippen LogP contribution in [0.15, 0.2) is 36.7 Å². The van der Waals surface area contributed by atoms with Crippen molar-refractivity contribution in [3.8, 4) is 16.9 Å². The maximum absolute atomic E-state index is 14.5. The van der Waals surface area contributed by atoms with E-state index in [1.807, 2.05) is 38.4 Å². The molecular weight excluding hydrogens is 462 g/mol. The second-order valence-corrected chi connectivity index (χ2v) is 9.45. The van der Waals surface area contributed by atoms with E-state index >= 15 is 0 Å². The molecule has 0 bridgehead atoms. The molecule has 0 amide bonds. The van der Waals surface area contributed by atoms with Gasteiger partial charge in [-0.15, -0.1) is 0 Å². The van der Waals surface area contributed by atoms with Crippen molar-refractivity contribution in [2.75, 3.05) is 31.6 Å². The minimum Gasteiger partial charge on any atom is -0.624 e. The summed E-state index contributed by atoms with van der Waals surface area (Å²) in [6.07, 6.45) is 7.60. The van der Waals surface area contributed by atoms with Crippen LogP contribution < -0.4 is 9.64 Å². The Bertz CT molecular complexity index is 1200. The van der Waals surface area contributed by atoms with Crippen LogP contribution in [0.25, 0.3) is 11.1 Å². The molecule has 0 radical (unpaired) electrons. The van der Waals surface area contributed by atoms with Crippen LogP contribution >= 0.6 is 0 Å². The fourth-order valence-corrected chi connectivity index (χ4v) is 4.60. The Hall–Kier alpha value is -3.55. The number of ether oxygens (including phenoxy) is 1. The molecule has 0 spiro atoms. The monoisotopic (exact) mass is 494 g/mol. The molecule has 2 heterocycles. The normalized spacial score (nSPS) is 14.8. The van der Waals surface area contributed by atoms with E-state index in [2.05, 4.69) is 21.8 Å². The first-order valence-electron chi connectivity index (χ1n) is 12.3. The number of anilines is 1. The SMILES string of the molecule is CCc1cnc(N2CCC(COc3c(C)cc(-c4cc(F)c(/C=[N+](/C)[O-])c(F)c4)cc3C)CC2)nc1. The number of aromatic nitrogens is 2. The van der Waals surface area contributed by atoms with E-state index in [1.54, 1.807) is 0 Å². The Labute approximate surface area is 210 Å². The van der Waals surface area contributed by atoms with E-state index in [-0.39, 0.29) is 5.56 Å². The van der Waals surface area contributed by atoms with Crippen molar-refractivity contribution in [2.24, 2.45) is 5.92 Å². The second-order valence-electron chi connectivity index (χ2n) is 9.45. The molecule has 0 N–H and O–H groups in total. The summed E-state index contributed by atoms with van der Waals surface area (Å²) >= 11 is 0. The lowest BCUT2D eigenvalue weighted by Gasteiger charge is -2.32. The van der Waals surface area contributed by atoms with Gasteiger partial charge in [0.2, 0.25) is 5.95 Å². The zero-order valence-electron chi connectivity index (χ0n) is 21.2. The number of aryl methyl sites for hydroxylation is 3. The molecule has 3 aromatic rings. The lowest BCUT2D eigenvalue weighted by atomic mass is 9.97. The van der Waals surface area contributed by atoms with Gasteiger partial charge in [0, 0.05) is 25.5 Å². The largest absolute Gasteiger partial charge is 0.624 e. The summed E-state index contributed by atoms with van der Waals surface area (Å²) in [6.45, 7) is 8.36. The highest BCUT2D eigenvalue weighted by atomic mass is 19.1. The summed E-state index contributed by atoms with van der Waals surface area (Å²) in [5, 5.41) is 11.2. The number of hydroxylamine groups is 1. The van der Waals surface area contributed by atoms with Crippen molar-refractivity contribution in [3.63, 3.8) is 0 Å². The maximum atomic E-state index is 14.5. The zero-order chi connectivity index (χ0) is 25.8. The van der Waals surface area contributed by atoms with Gasteiger partial charge in [0.15, 0.2) is 6.21 Å². The molecule has 1 aromatic heterocycles. The lowest BCUT2D eigenvalue weighted by molar-refractivity contribution is -0.416. The van der Waals surface area contributed by atoms with E-state index in [0.717, 1.165) is 67.0 Å². The van der Waals surface area contributed by atoms with Crippen molar-refractivity contribution in [3.05, 3.63) is 75.8 Å². The van der Waals surface area contributed by atoms with E-state index < -0.39 is 11.6 Å². The van der Waals surface area contributed by atoms with Crippen LogP contribution in [0.5, 0.6) is 5.75 Å². The maximum Gasteiger partial charge on any atom is 0.225 e. The van der Waals surface area contributed by atoms with Gasteiger partial charge in [0.25, 0.3) is 0 Å². The number of rotatable bonds is 7. The summed E-state index contributed by atoms with van der Waals surface area (Å²) in [7, 11) is 1.18. The van der Waals surface area contributed by atoms with Crippen molar-refractivity contribution in [1.82, 2.24) is 9.97 Å². The molecule has 6 nitrogen and oxygen atoms in total. The number of piperidine rings is 1. The molecule has 4 rings (SSSR count). The third-order valence-electron chi connectivity index (χ3n) is 6.64. The molecule has 0 atom stereocenters. The van der Waals surface area contributed by atoms with Gasteiger partial charge < -0.3 is 14.8 Å². The van der Waals surface area contributed by atoms with Crippen LogP contribution in [0, 0.1) is 36.6 Å². The van der Waals surface area contributed by atoms with Gasteiger partial charge in [-0.3, -0.25) is 0 Å². The van der Waals surface area contributed by atoms with Crippen molar-refractivity contribution in [2.45, 2.75) is 40.0 Å². The Morgan fingerprint density at radius 1 is 1.03 bits per heavy atom. The highest BCUT2D eigenvalue weighted by Crippen LogP contribution is 2.32. The molecule has 0 unspecified atom stereocenters. The van der Waals surface area contributed by atoms with E-state index in [4.69, 9.17) is 4.74 Å². The first kappa shape index (κ1) is 25.5. The van der Waals surface area contributed by atoms with Gasteiger partial charge in [-0.1, -0.05) is 6.92 Å². The second kappa shape index (κ2) is 11.0. The molecule has 0 saturated carbocycles. The van der Waals surface area contributed by atoms with Crippen LogP contribution in [-0.4, -0.2) is 47.7 Å². The van der Waals surface area contributed by atoms with E-state index in [9.17, 15) is 14.0 Å². The van der Waals surface area contributed by atoms with Gasteiger partial charge in [0.05, 0.1) is 6.61 Å². The predicted molar refractivity (Wildman–Crippen MR) is 138 cm³/mol. The highest BCUT2D eigenvalue weighted by molar-refractivity contribution is 5.79. The number of hydrogen-bond donors (Lipinski definition) is 0. The van der Waals surface area contributed by atoms with Crippen molar-refractivity contribution < 1.29 is 18.3 Å². The molecule has 8 heteroatoms. The Morgan fingerprint density at radius 3 is 2.11 bits per heavy atom. The molecule has 0 aliphatic carbocycles. The Kier molecular flexibility index (Phi) is 7.82. The summed E-state index contributed by atoms with van der Waals surface area (Å²) in [5.74, 6) is 0.467. The zero-order valence-corrected chi connectivity index (χ0v) is 21.2. The Balaban J connectivity index is 1.40. The molecular formula is C28H32F2N4O2. The fraction of sp³-hybridized carbons (Fsp3) is 0.393. The van der Waals surface area contributed by atoms with Crippen LogP contribution in [-0.2, 0) is 6.42 Å². The van der Waals surface area contributed by atoms with Gasteiger partial charge in [-0.2, -0.15) is 0 Å². The molecule has 2 aromatic carbocycles. The van der Waals surface area contributed by atoms with Gasteiger partial charge >= 0.3 is 0 Å². The lowest BCUT2D eigenvalue weighted by Crippen LogP contribution is -2.36. The minimum atomic E-state index is -0.776. The van der Waals surface area contributed by atoms with Crippen LogP contribution in [0.3, 0.4) is 0 Å². The minimum absolute atomic E-state index is 0.347. The van der Waals surface area contributed by atoms with Crippen LogP contribution in [0.1, 0.15) is 42.0 Å². The van der Waals surface area contributed by atoms with Gasteiger partial charge in [-0.25, -0.2) is 23.5 Å². The molecule has 36 heavy (non-hydrogen) atoms. The standard InChI is InChI=1S/C28H32F2N4O2/c1-5-20-14-31-28(32-15-20)34-8-6-21(7-9-34)17-36-27-18(2)10-22(11-19(27)3)23-12-25(29)24(16-33(4)35)26(30)13-23/h10-16,21H,5-9,17H2,1-4H3/b33-16-. The first-order valence-corrected chi connectivity index (χ1v) is 12.3. The number of halogens is 2. The Morgan fingerprint density at radius 2 is 1.58 bits per heavy atom. The topological polar surface area (TPSA) is 64.3 Å². The quantitative estimate of drug-likeness (QED) is 0.189. The third kappa shape index (κ3) is 5.80. The summed E-state index contributed by atoms with van der Waals surface area (Å²) in [4.78, 5) is 11.2. The average Bonchev–Trinajstić information content (AvgIpc) is 2.86. The number of hydrogen-bond acceptors (Lipinski definition) is 5. The van der Waals surface area contributed by atoms with Crippen molar-refractivity contribution >= 4 is 12.2 Å². The summed E-state index contributed by atoms with van der Waals surface area (Å²) < 4.78 is 35.5. The summed E-state index contributed by atoms with van der Waals surface area (Å²) in [5.41, 5.74) is 3.71. The molecule has 1 aliphatic heterocycles. The molecule has 1 fully saturated rings. The highest BCUT2D eigenvalue weighted by Gasteiger charge is 2.22. The van der Waals surface area contributed by atoms with E-state index in [0.29, 0.717) is 28.4 Å². The van der Waals surface area contributed by atoms with Gasteiger partial charge in [0.1, 0.15) is 30.0 Å². The number of benzene rings is 2. The molecule has 1 saturated heterocycles. The smallest absolute Gasteiger partial charge is 0.225 e.